The minimum absolute atomic E-state index is 0.191. The van der Waals surface area contributed by atoms with Crippen LogP contribution in [0.4, 0.5) is 0 Å². The summed E-state index contributed by atoms with van der Waals surface area (Å²) in [6.07, 6.45) is 0.638. The lowest BCUT2D eigenvalue weighted by atomic mass is 10.0. The molecule has 1 aliphatic heterocycles. The average molecular weight is 288 g/mol. The van der Waals surface area contributed by atoms with Gasteiger partial charge in [0.1, 0.15) is 5.92 Å². The van der Waals surface area contributed by atoms with Crippen LogP contribution >= 0.6 is 11.8 Å². The van der Waals surface area contributed by atoms with Crippen LogP contribution in [0.25, 0.3) is 0 Å². The van der Waals surface area contributed by atoms with Crippen LogP contribution in [0.1, 0.15) is 34.3 Å². The van der Waals surface area contributed by atoms with E-state index in [0.717, 1.165) is 11.3 Å². The highest BCUT2D eigenvalue weighted by Gasteiger charge is 2.31. The third kappa shape index (κ3) is 2.63. The Morgan fingerprint density at radius 3 is 2.90 bits per heavy atom. The summed E-state index contributed by atoms with van der Waals surface area (Å²) in [5.41, 5.74) is 3.69. The molecule has 4 nitrogen and oxygen atoms in total. The number of aryl methyl sites for hydroxylation is 2. The zero-order valence-corrected chi connectivity index (χ0v) is 12.4. The number of aromatic nitrogens is 2. The molecule has 2 heterocycles. The molecule has 0 aliphatic carbocycles. The zero-order chi connectivity index (χ0) is 14.1. The first kappa shape index (κ1) is 13.4. The van der Waals surface area contributed by atoms with E-state index in [1.807, 2.05) is 0 Å². The number of hydrogen-bond acceptors (Lipinski definition) is 5. The molecular weight excluding hydrogens is 272 g/mol. The Labute approximate surface area is 122 Å². The van der Waals surface area contributed by atoms with Crippen molar-refractivity contribution in [3.63, 3.8) is 0 Å². The van der Waals surface area contributed by atoms with E-state index in [-0.39, 0.29) is 11.7 Å². The maximum atomic E-state index is 11.7. The van der Waals surface area contributed by atoms with Crippen LogP contribution in [0.3, 0.4) is 0 Å². The summed E-state index contributed by atoms with van der Waals surface area (Å²) in [6, 6.07) is 6.32. The zero-order valence-electron chi connectivity index (χ0n) is 11.5. The lowest BCUT2D eigenvalue weighted by molar-refractivity contribution is -0.117. The van der Waals surface area contributed by atoms with Gasteiger partial charge in [-0.2, -0.15) is 16.7 Å². The highest BCUT2D eigenvalue weighted by atomic mass is 32.2. The molecule has 0 amide bonds. The van der Waals surface area contributed by atoms with Crippen LogP contribution in [-0.4, -0.2) is 27.4 Å². The van der Waals surface area contributed by atoms with E-state index in [1.165, 1.54) is 11.1 Å². The monoisotopic (exact) mass is 288 g/mol. The molecular formula is C15H16N2O2S. The molecule has 2 aromatic rings. The summed E-state index contributed by atoms with van der Waals surface area (Å²) in [6.45, 7) is 4.18. The quantitative estimate of drug-likeness (QED) is 0.869. The van der Waals surface area contributed by atoms with Crippen molar-refractivity contribution in [2.24, 2.45) is 0 Å². The van der Waals surface area contributed by atoms with Gasteiger partial charge in [0.15, 0.2) is 11.6 Å². The maximum Gasteiger partial charge on any atom is 0.238 e. The summed E-state index contributed by atoms with van der Waals surface area (Å²) < 4.78 is 5.25. The summed E-state index contributed by atoms with van der Waals surface area (Å²) in [5.74, 6) is 2.41. The predicted octanol–water partition coefficient (Wildman–Crippen LogP) is 2.68. The van der Waals surface area contributed by atoms with Gasteiger partial charge in [0.25, 0.3) is 0 Å². The number of hydrogen-bond donors (Lipinski definition) is 0. The van der Waals surface area contributed by atoms with Gasteiger partial charge in [0.2, 0.25) is 5.89 Å². The van der Waals surface area contributed by atoms with Crippen LogP contribution in [0.2, 0.25) is 0 Å². The van der Waals surface area contributed by atoms with Crippen LogP contribution in [-0.2, 0) is 11.2 Å². The van der Waals surface area contributed by atoms with E-state index in [0.29, 0.717) is 23.9 Å². The van der Waals surface area contributed by atoms with Crippen LogP contribution < -0.4 is 0 Å². The SMILES string of the molecule is Cc1ccc(Cc2noc(C3CSCC3=O)n2)cc1C. The van der Waals surface area contributed by atoms with Gasteiger partial charge in [-0.05, 0) is 30.5 Å². The topological polar surface area (TPSA) is 56.0 Å². The van der Waals surface area contributed by atoms with Gasteiger partial charge in [-0.25, -0.2) is 0 Å². The van der Waals surface area contributed by atoms with Crippen molar-refractivity contribution < 1.29 is 9.32 Å². The third-order valence-corrected chi connectivity index (χ3v) is 4.69. The maximum absolute atomic E-state index is 11.7. The Kier molecular flexibility index (Phi) is 3.61. The molecule has 1 unspecified atom stereocenters. The van der Waals surface area contributed by atoms with Gasteiger partial charge >= 0.3 is 0 Å². The van der Waals surface area contributed by atoms with Crippen LogP contribution in [0, 0.1) is 13.8 Å². The molecule has 0 saturated carbocycles. The highest BCUT2D eigenvalue weighted by molar-refractivity contribution is 8.00. The van der Waals surface area contributed by atoms with Crippen LogP contribution in [0.15, 0.2) is 22.7 Å². The molecule has 1 fully saturated rings. The summed E-state index contributed by atoms with van der Waals surface area (Å²) >= 11 is 1.62. The Morgan fingerprint density at radius 2 is 2.20 bits per heavy atom. The number of carbonyl (C=O) groups excluding carboxylic acids is 1. The fraction of sp³-hybridized carbons (Fsp3) is 0.400. The fourth-order valence-electron chi connectivity index (χ4n) is 2.26. The molecule has 20 heavy (non-hydrogen) atoms. The van der Waals surface area contributed by atoms with Gasteiger partial charge in [0.05, 0.1) is 5.75 Å². The Morgan fingerprint density at radius 1 is 1.35 bits per heavy atom. The van der Waals surface area contributed by atoms with E-state index >= 15 is 0 Å². The molecule has 0 radical (unpaired) electrons. The number of nitrogens with zero attached hydrogens (tertiary/aromatic N) is 2. The van der Waals surface area contributed by atoms with Crippen molar-refractivity contribution >= 4 is 17.5 Å². The first-order valence-electron chi connectivity index (χ1n) is 6.62. The van der Waals surface area contributed by atoms with Crippen molar-refractivity contribution in [3.05, 3.63) is 46.6 Å². The minimum Gasteiger partial charge on any atom is -0.339 e. The molecule has 1 saturated heterocycles. The molecule has 104 valence electrons. The fourth-order valence-corrected chi connectivity index (χ4v) is 3.34. The first-order chi connectivity index (χ1) is 9.63. The molecule has 3 rings (SSSR count). The van der Waals surface area contributed by atoms with E-state index in [2.05, 4.69) is 42.2 Å². The number of thioether (sulfide) groups is 1. The molecule has 5 heteroatoms. The average Bonchev–Trinajstić information content (AvgIpc) is 3.03. The van der Waals surface area contributed by atoms with Gasteiger partial charge < -0.3 is 4.52 Å². The van der Waals surface area contributed by atoms with Gasteiger partial charge in [-0.15, -0.1) is 0 Å². The van der Waals surface area contributed by atoms with Crippen molar-refractivity contribution in [1.82, 2.24) is 10.1 Å². The summed E-state index contributed by atoms with van der Waals surface area (Å²) in [4.78, 5) is 16.1. The Balaban J connectivity index is 1.76. The molecule has 1 atom stereocenters. The lowest BCUT2D eigenvalue weighted by Crippen LogP contribution is -2.09. The second-order valence-electron chi connectivity index (χ2n) is 5.18. The molecule has 1 aliphatic rings. The molecule has 0 bridgehead atoms. The lowest BCUT2D eigenvalue weighted by Gasteiger charge is -2.02. The number of rotatable bonds is 3. The number of carbonyl (C=O) groups is 1. The van der Waals surface area contributed by atoms with Gasteiger partial charge in [-0.3, -0.25) is 4.79 Å². The highest BCUT2D eigenvalue weighted by Crippen LogP contribution is 2.28. The van der Waals surface area contributed by atoms with Crippen LogP contribution in [0.5, 0.6) is 0 Å². The van der Waals surface area contributed by atoms with Gasteiger partial charge in [-0.1, -0.05) is 23.4 Å². The molecule has 1 aromatic carbocycles. The standard InChI is InChI=1S/C15H16N2O2S/c1-9-3-4-11(5-10(9)2)6-14-16-15(19-17-14)12-7-20-8-13(12)18/h3-5,12H,6-8H2,1-2H3. The minimum atomic E-state index is -0.207. The molecule has 1 aromatic heterocycles. The van der Waals surface area contributed by atoms with Crippen molar-refractivity contribution in [1.29, 1.82) is 0 Å². The number of benzene rings is 1. The number of ketones is 1. The van der Waals surface area contributed by atoms with Crippen molar-refractivity contribution in [3.8, 4) is 0 Å². The van der Waals surface area contributed by atoms with E-state index in [4.69, 9.17) is 4.52 Å². The normalized spacial score (nSPS) is 18.7. The first-order valence-corrected chi connectivity index (χ1v) is 7.78. The number of Topliss-reactive ketones (excluding diaryl/α,β-unsaturated/α-hetero) is 1. The predicted molar refractivity (Wildman–Crippen MR) is 78.1 cm³/mol. The van der Waals surface area contributed by atoms with E-state index in [9.17, 15) is 4.79 Å². The van der Waals surface area contributed by atoms with Crippen molar-refractivity contribution in [2.75, 3.05) is 11.5 Å². The summed E-state index contributed by atoms with van der Waals surface area (Å²) in [7, 11) is 0. The van der Waals surface area contributed by atoms with E-state index in [1.54, 1.807) is 11.8 Å². The summed E-state index contributed by atoms with van der Waals surface area (Å²) in [5, 5.41) is 4.00. The van der Waals surface area contributed by atoms with E-state index < -0.39 is 0 Å². The smallest absolute Gasteiger partial charge is 0.238 e. The Bertz CT molecular complexity index is 651. The molecule has 0 spiro atoms. The van der Waals surface area contributed by atoms with Gasteiger partial charge in [0, 0.05) is 12.2 Å². The second-order valence-corrected chi connectivity index (χ2v) is 6.21. The largest absolute Gasteiger partial charge is 0.339 e. The van der Waals surface area contributed by atoms with Crippen molar-refractivity contribution in [2.45, 2.75) is 26.2 Å². The Hall–Kier alpha value is -1.62. The third-order valence-electron chi connectivity index (χ3n) is 3.63. The molecule has 0 N–H and O–H groups in total. The second kappa shape index (κ2) is 5.40.